The topological polar surface area (TPSA) is 64.1 Å². The lowest BCUT2D eigenvalue weighted by Crippen LogP contribution is -2.37. The summed E-state index contributed by atoms with van der Waals surface area (Å²) >= 11 is 1.28. The molecular weight excluding hydrogens is 300 g/mol. The van der Waals surface area contributed by atoms with Crippen LogP contribution in [0.4, 0.5) is 0 Å². The molecule has 0 amide bonds. The van der Waals surface area contributed by atoms with Crippen LogP contribution in [0.2, 0.25) is 0 Å². The molecule has 5 nitrogen and oxygen atoms in total. The Kier molecular flexibility index (Phi) is 3.62. The van der Waals surface area contributed by atoms with E-state index < -0.39 is 5.69 Å². The highest BCUT2D eigenvalue weighted by molar-refractivity contribution is 7.20. The van der Waals surface area contributed by atoms with Gasteiger partial charge in [0.2, 0.25) is 0 Å². The SMILES string of the molecule is COc1sc2[nH]c(=O)n([C@@H](C)c3ccccc3)c(=O)c2c1C. The Morgan fingerprint density at radius 3 is 2.55 bits per heavy atom. The van der Waals surface area contributed by atoms with Crippen LogP contribution in [0.1, 0.15) is 24.1 Å². The standard InChI is InChI=1S/C16H16N2O3S/c1-9-12-13(22-15(9)21-3)17-16(20)18(14(12)19)10(2)11-7-5-4-6-8-11/h4-8,10H,1-3H3,(H,17,20)/t10-/m0/s1. The highest BCUT2D eigenvalue weighted by atomic mass is 32.1. The molecule has 6 heteroatoms. The van der Waals surface area contributed by atoms with Crippen molar-refractivity contribution in [3.05, 3.63) is 62.3 Å². The van der Waals surface area contributed by atoms with E-state index in [1.54, 1.807) is 7.11 Å². The Labute approximate surface area is 130 Å². The highest BCUT2D eigenvalue weighted by Gasteiger charge is 2.19. The third kappa shape index (κ3) is 2.16. The second kappa shape index (κ2) is 5.46. The lowest BCUT2D eigenvalue weighted by atomic mass is 10.1. The number of aromatic nitrogens is 2. The van der Waals surface area contributed by atoms with Crippen LogP contribution in [0, 0.1) is 6.92 Å². The molecule has 1 aromatic carbocycles. The van der Waals surface area contributed by atoms with Crippen LogP contribution in [0.15, 0.2) is 39.9 Å². The molecule has 0 spiro atoms. The maximum absolute atomic E-state index is 12.8. The molecule has 0 saturated heterocycles. The van der Waals surface area contributed by atoms with E-state index in [1.807, 2.05) is 44.2 Å². The predicted molar refractivity (Wildman–Crippen MR) is 88.2 cm³/mol. The van der Waals surface area contributed by atoms with Crippen LogP contribution >= 0.6 is 11.3 Å². The fourth-order valence-corrected chi connectivity index (χ4v) is 3.64. The second-order valence-electron chi connectivity index (χ2n) is 5.11. The smallest absolute Gasteiger partial charge is 0.330 e. The first-order chi connectivity index (χ1) is 10.5. The number of nitrogens with one attached hydrogen (secondary N) is 1. The van der Waals surface area contributed by atoms with E-state index in [9.17, 15) is 9.59 Å². The number of H-pyrrole nitrogens is 1. The Hall–Kier alpha value is -2.34. The number of rotatable bonds is 3. The van der Waals surface area contributed by atoms with Crippen molar-refractivity contribution < 1.29 is 4.74 Å². The number of thiophene rings is 1. The molecule has 2 heterocycles. The first-order valence-electron chi connectivity index (χ1n) is 6.91. The van der Waals surface area contributed by atoms with E-state index >= 15 is 0 Å². The molecule has 0 aliphatic carbocycles. The normalized spacial score (nSPS) is 12.5. The Morgan fingerprint density at radius 2 is 1.91 bits per heavy atom. The zero-order chi connectivity index (χ0) is 15.9. The van der Waals surface area contributed by atoms with Gasteiger partial charge in [0.1, 0.15) is 4.83 Å². The number of methoxy groups -OCH3 is 1. The van der Waals surface area contributed by atoms with Crippen molar-refractivity contribution in [2.75, 3.05) is 7.11 Å². The number of fused-ring (bicyclic) bond motifs is 1. The molecule has 22 heavy (non-hydrogen) atoms. The monoisotopic (exact) mass is 316 g/mol. The van der Waals surface area contributed by atoms with Gasteiger partial charge < -0.3 is 4.74 Å². The number of aromatic amines is 1. The zero-order valence-electron chi connectivity index (χ0n) is 12.5. The van der Waals surface area contributed by atoms with E-state index in [4.69, 9.17) is 4.74 Å². The van der Waals surface area contributed by atoms with Gasteiger partial charge in [-0.25, -0.2) is 4.79 Å². The molecule has 0 saturated carbocycles. The van der Waals surface area contributed by atoms with Crippen LogP contribution in [0.5, 0.6) is 5.06 Å². The number of aryl methyl sites for hydroxylation is 1. The zero-order valence-corrected chi connectivity index (χ0v) is 13.4. The largest absolute Gasteiger partial charge is 0.487 e. The lowest BCUT2D eigenvalue weighted by molar-refractivity contribution is 0.424. The summed E-state index contributed by atoms with van der Waals surface area (Å²) in [6.07, 6.45) is 0. The minimum atomic E-state index is -0.405. The second-order valence-corrected chi connectivity index (χ2v) is 6.10. The highest BCUT2D eigenvalue weighted by Crippen LogP contribution is 2.33. The molecule has 3 rings (SSSR count). The van der Waals surface area contributed by atoms with Gasteiger partial charge in [-0.05, 0) is 19.4 Å². The minimum Gasteiger partial charge on any atom is -0.487 e. The quantitative estimate of drug-likeness (QED) is 0.808. The average molecular weight is 316 g/mol. The molecule has 0 fully saturated rings. The van der Waals surface area contributed by atoms with Gasteiger partial charge in [-0.3, -0.25) is 14.3 Å². The summed E-state index contributed by atoms with van der Waals surface area (Å²) in [7, 11) is 1.56. The fraction of sp³-hybridized carbons (Fsp3) is 0.250. The van der Waals surface area contributed by atoms with Gasteiger partial charge in [-0.15, -0.1) is 0 Å². The number of ether oxygens (including phenoxy) is 1. The van der Waals surface area contributed by atoms with Crippen molar-refractivity contribution in [3.8, 4) is 5.06 Å². The van der Waals surface area contributed by atoms with Crippen molar-refractivity contribution in [3.63, 3.8) is 0 Å². The van der Waals surface area contributed by atoms with Gasteiger partial charge in [-0.2, -0.15) is 0 Å². The maximum atomic E-state index is 12.8. The Morgan fingerprint density at radius 1 is 1.23 bits per heavy atom. The van der Waals surface area contributed by atoms with Crippen LogP contribution < -0.4 is 16.0 Å². The third-order valence-corrected chi connectivity index (χ3v) is 5.00. The van der Waals surface area contributed by atoms with Gasteiger partial charge in [0.05, 0.1) is 18.5 Å². The summed E-state index contributed by atoms with van der Waals surface area (Å²) in [6, 6.07) is 9.15. The Bertz CT molecular complexity index is 938. The molecule has 1 N–H and O–H groups in total. The molecule has 1 atom stereocenters. The van der Waals surface area contributed by atoms with Gasteiger partial charge >= 0.3 is 5.69 Å². The number of hydrogen-bond donors (Lipinski definition) is 1. The first-order valence-corrected chi connectivity index (χ1v) is 7.73. The van der Waals surface area contributed by atoms with E-state index in [0.29, 0.717) is 15.3 Å². The first kappa shape index (κ1) is 14.6. The summed E-state index contributed by atoms with van der Waals surface area (Å²) in [6.45, 7) is 3.67. The molecule has 0 bridgehead atoms. The van der Waals surface area contributed by atoms with E-state index in [-0.39, 0.29) is 11.6 Å². The van der Waals surface area contributed by atoms with Gasteiger partial charge in [0.25, 0.3) is 5.56 Å². The maximum Gasteiger partial charge on any atom is 0.330 e. The number of hydrogen-bond acceptors (Lipinski definition) is 4. The third-order valence-electron chi connectivity index (χ3n) is 3.83. The predicted octanol–water partition coefficient (Wildman–Crippen LogP) is 2.68. The van der Waals surface area contributed by atoms with Crippen molar-refractivity contribution in [2.45, 2.75) is 19.9 Å². The van der Waals surface area contributed by atoms with Crippen LogP contribution in [-0.4, -0.2) is 16.7 Å². The average Bonchev–Trinajstić information content (AvgIpc) is 2.84. The minimum absolute atomic E-state index is 0.285. The van der Waals surface area contributed by atoms with E-state index in [2.05, 4.69) is 4.98 Å². The van der Waals surface area contributed by atoms with Crippen molar-refractivity contribution in [1.82, 2.24) is 9.55 Å². The summed E-state index contributed by atoms with van der Waals surface area (Å²) in [5.41, 5.74) is 0.983. The number of nitrogens with zero attached hydrogens (tertiary/aromatic N) is 1. The van der Waals surface area contributed by atoms with Crippen molar-refractivity contribution >= 4 is 21.6 Å². The van der Waals surface area contributed by atoms with Gasteiger partial charge in [0.15, 0.2) is 5.06 Å². The molecule has 0 aliphatic heterocycles. The van der Waals surface area contributed by atoms with Crippen LogP contribution in [0.3, 0.4) is 0 Å². The Balaban J connectivity index is 2.29. The molecule has 0 unspecified atom stereocenters. The fourth-order valence-electron chi connectivity index (χ4n) is 2.64. The van der Waals surface area contributed by atoms with Crippen LogP contribution in [0.25, 0.3) is 10.2 Å². The molecular formula is C16H16N2O3S. The van der Waals surface area contributed by atoms with E-state index in [1.165, 1.54) is 15.9 Å². The summed E-state index contributed by atoms with van der Waals surface area (Å²) in [5.74, 6) is 0. The van der Waals surface area contributed by atoms with Crippen LogP contribution in [-0.2, 0) is 0 Å². The van der Waals surface area contributed by atoms with E-state index in [0.717, 1.165) is 11.1 Å². The number of benzene rings is 1. The summed E-state index contributed by atoms with van der Waals surface area (Å²) < 4.78 is 6.52. The summed E-state index contributed by atoms with van der Waals surface area (Å²) in [5, 5.41) is 1.16. The molecule has 0 aliphatic rings. The molecule has 3 aromatic rings. The molecule has 114 valence electrons. The van der Waals surface area contributed by atoms with Gasteiger partial charge in [-0.1, -0.05) is 41.7 Å². The van der Waals surface area contributed by atoms with Crippen molar-refractivity contribution in [2.24, 2.45) is 0 Å². The van der Waals surface area contributed by atoms with Gasteiger partial charge in [0, 0.05) is 5.56 Å². The lowest BCUT2D eigenvalue weighted by Gasteiger charge is -2.14. The summed E-state index contributed by atoms with van der Waals surface area (Å²) in [4.78, 5) is 28.5. The molecule has 2 aromatic heterocycles. The molecule has 0 radical (unpaired) electrons. The van der Waals surface area contributed by atoms with Crippen molar-refractivity contribution in [1.29, 1.82) is 0 Å².